The summed E-state index contributed by atoms with van der Waals surface area (Å²) in [5.41, 5.74) is 11.5. The first-order chi connectivity index (χ1) is 17.9. The molecule has 0 aromatic rings. The number of aliphatic imine (C=N–C) groups is 2. The molecule has 38 heavy (non-hydrogen) atoms. The van der Waals surface area contributed by atoms with Crippen molar-refractivity contribution in [2.24, 2.45) is 27.4 Å². The van der Waals surface area contributed by atoms with Crippen LogP contribution in [0.2, 0.25) is 0 Å². The number of hydrogen-bond acceptors (Lipinski definition) is 14. The number of ether oxygens (including phenoxy) is 2. The van der Waals surface area contributed by atoms with Gasteiger partial charge >= 0.3 is 0 Å². The average Bonchev–Trinajstić information content (AvgIpc) is 3.14. The van der Waals surface area contributed by atoms with Gasteiger partial charge in [-0.25, -0.2) is 0 Å². The van der Waals surface area contributed by atoms with Crippen molar-refractivity contribution in [3.63, 3.8) is 0 Å². The fraction of sp³-hybridized carbons (Fsp3) is 0.864. The second kappa shape index (κ2) is 15.0. The van der Waals surface area contributed by atoms with Crippen LogP contribution >= 0.6 is 9.03 Å². The third-order valence-electron chi connectivity index (χ3n) is 6.50. The van der Waals surface area contributed by atoms with Gasteiger partial charge in [0.2, 0.25) is 5.79 Å². The molecule has 2 fully saturated rings. The van der Waals surface area contributed by atoms with Crippen molar-refractivity contribution in [1.29, 1.82) is 5.41 Å². The van der Waals surface area contributed by atoms with E-state index in [2.05, 4.69) is 9.98 Å². The van der Waals surface area contributed by atoms with Gasteiger partial charge < -0.3 is 60.6 Å². The molecule has 0 bridgehead atoms. The van der Waals surface area contributed by atoms with Gasteiger partial charge in [0.05, 0.1) is 25.1 Å². The highest BCUT2D eigenvalue weighted by molar-refractivity contribution is 7.26. The normalized spacial score (nSPS) is 37.2. The van der Waals surface area contributed by atoms with Crippen molar-refractivity contribution >= 4 is 26.8 Å². The summed E-state index contributed by atoms with van der Waals surface area (Å²) in [6.07, 6.45) is -8.45. The molecule has 0 aliphatic carbocycles. The zero-order valence-electron chi connectivity index (χ0n) is 21.8. The third kappa shape index (κ3) is 8.40. The summed E-state index contributed by atoms with van der Waals surface area (Å²) in [6, 6.07) is -0.640. The van der Waals surface area contributed by atoms with Gasteiger partial charge in [0.25, 0.3) is 0 Å². The van der Waals surface area contributed by atoms with Crippen molar-refractivity contribution in [2.75, 3.05) is 19.8 Å². The molecule has 12 atom stereocenters. The average molecular weight is 568 g/mol. The lowest BCUT2D eigenvalue weighted by Crippen LogP contribution is -2.61. The first-order valence-corrected chi connectivity index (χ1v) is 13.2. The molecule has 16 heteroatoms. The molecular weight excluding hydrogens is 525 g/mol. The molecule has 220 valence electrons. The topological polar surface area (TPSA) is 259 Å². The quantitative estimate of drug-likeness (QED) is 0.0452. The molecule has 2 heterocycles. The SMILES string of the molecule is CC(CN)=NC1C(C)CC(OPOCC2OC(N=CCC(=N)N)C(O)C2O)(C(C)O)OC1C(O)C(O)CO. The second-order valence-corrected chi connectivity index (χ2v) is 10.3. The van der Waals surface area contributed by atoms with E-state index in [1.807, 2.05) is 6.92 Å². The summed E-state index contributed by atoms with van der Waals surface area (Å²) >= 11 is 0. The number of amidine groups is 1. The maximum Gasteiger partial charge on any atom is 0.200 e. The molecule has 0 radical (unpaired) electrons. The predicted octanol–water partition coefficient (Wildman–Crippen LogP) is -2.62. The molecule has 0 aromatic heterocycles. The second-order valence-electron chi connectivity index (χ2n) is 9.65. The van der Waals surface area contributed by atoms with Gasteiger partial charge in [0, 0.05) is 31.3 Å². The van der Waals surface area contributed by atoms with Crippen LogP contribution in [0, 0.1) is 11.3 Å². The summed E-state index contributed by atoms with van der Waals surface area (Å²) in [7, 11) is -0.709. The zero-order chi connectivity index (χ0) is 28.6. The Morgan fingerprint density at radius 3 is 2.55 bits per heavy atom. The van der Waals surface area contributed by atoms with Gasteiger partial charge in [0.15, 0.2) is 15.3 Å². The van der Waals surface area contributed by atoms with Gasteiger partial charge in [-0.2, -0.15) is 0 Å². The first-order valence-electron chi connectivity index (χ1n) is 12.3. The Balaban J connectivity index is 2.07. The maximum absolute atomic E-state index is 10.7. The fourth-order valence-electron chi connectivity index (χ4n) is 4.23. The van der Waals surface area contributed by atoms with Gasteiger partial charge in [-0.05, 0) is 19.8 Å². The van der Waals surface area contributed by atoms with Crippen LogP contribution in [0.4, 0.5) is 0 Å². The summed E-state index contributed by atoms with van der Waals surface area (Å²) < 4.78 is 23.0. The minimum Gasteiger partial charge on any atom is -0.394 e. The minimum atomic E-state index is -1.64. The van der Waals surface area contributed by atoms with Crippen molar-refractivity contribution in [3.8, 4) is 0 Å². The highest BCUT2D eigenvalue weighted by atomic mass is 31.1. The number of hydrogen-bond donors (Lipinski definition) is 9. The van der Waals surface area contributed by atoms with Crippen LogP contribution in [0.15, 0.2) is 9.98 Å². The van der Waals surface area contributed by atoms with Crippen LogP contribution in [-0.2, 0) is 18.5 Å². The van der Waals surface area contributed by atoms with E-state index in [4.69, 9.17) is 35.4 Å². The standard InChI is InChI=1S/C22H42N5O10P/c1-10-6-22(12(3)29,36-20(17(31)13(30)8-28)16(10)27-11(2)7-23)37-38-34-9-14-18(32)19(33)21(35-14)26-5-4-15(24)25/h5,10,12-14,16-21,28-33,38H,4,6-9,23H2,1-3H3,(H3,24,25). The van der Waals surface area contributed by atoms with Crippen molar-refractivity contribution in [3.05, 3.63) is 0 Å². The fourth-order valence-corrected chi connectivity index (χ4v) is 4.96. The van der Waals surface area contributed by atoms with Crippen LogP contribution in [0.1, 0.15) is 33.6 Å². The summed E-state index contributed by atoms with van der Waals surface area (Å²) in [6.45, 7) is 4.27. The van der Waals surface area contributed by atoms with E-state index in [1.165, 1.54) is 13.1 Å². The molecule has 2 aliphatic heterocycles. The van der Waals surface area contributed by atoms with Gasteiger partial charge in [-0.3, -0.25) is 15.4 Å². The number of nitrogens with zero attached hydrogens (tertiary/aromatic N) is 2. The molecule has 0 saturated carbocycles. The van der Waals surface area contributed by atoms with E-state index in [-0.39, 0.29) is 37.7 Å². The van der Waals surface area contributed by atoms with Gasteiger partial charge in [-0.15, -0.1) is 0 Å². The lowest BCUT2D eigenvalue weighted by Gasteiger charge is -2.49. The van der Waals surface area contributed by atoms with Crippen LogP contribution in [0.25, 0.3) is 0 Å². The van der Waals surface area contributed by atoms with Crippen molar-refractivity contribution in [1.82, 2.24) is 0 Å². The number of rotatable bonds is 14. The predicted molar refractivity (Wildman–Crippen MR) is 139 cm³/mol. The van der Waals surface area contributed by atoms with E-state index in [1.54, 1.807) is 6.92 Å². The van der Waals surface area contributed by atoms with Gasteiger partial charge in [-0.1, -0.05) is 6.92 Å². The van der Waals surface area contributed by atoms with E-state index >= 15 is 0 Å². The molecule has 0 spiro atoms. The number of aliphatic hydroxyl groups excluding tert-OH is 6. The molecule has 2 rings (SSSR count). The Morgan fingerprint density at radius 2 is 1.97 bits per heavy atom. The number of aliphatic hydroxyl groups is 6. The monoisotopic (exact) mass is 567 g/mol. The maximum atomic E-state index is 10.7. The molecule has 11 N–H and O–H groups in total. The third-order valence-corrected chi connectivity index (χ3v) is 7.22. The Morgan fingerprint density at radius 1 is 1.29 bits per heavy atom. The summed E-state index contributed by atoms with van der Waals surface area (Å²) in [5.74, 6) is -2.06. The largest absolute Gasteiger partial charge is 0.394 e. The van der Waals surface area contributed by atoms with E-state index in [9.17, 15) is 30.6 Å². The van der Waals surface area contributed by atoms with Crippen LogP contribution in [-0.4, -0.2) is 129 Å². The van der Waals surface area contributed by atoms with E-state index in [0.29, 0.717) is 5.71 Å². The minimum absolute atomic E-state index is 0.0713. The molecule has 2 saturated heterocycles. The van der Waals surface area contributed by atoms with Crippen LogP contribution < -0.4 is 11.5 Å². The lowest BCUT2D eigenvalue weighted by molar-refractivity contribution is -0.307. The van der Waals surface area contributed by atoms with Crippen molar-refractivity contribution < 1.29 is 49.2 Å². The van der Waals surface area contributed by atoms with Gasteiger partial charge in [0.1, 0.15) is 42.7 Å². The number of nitrogens with two attached hydrogens (primary N) is 2. The lowest BCUT2D eigenvalue weighted by atomic mass is 9.82. The first kappa shape index (κ1) is 33.0. The highest BCUT2D eigenvalue weighted by Crippen LogP contribution is 2.43. The Labute approximate surface area is 223 Å². The van der Waals surface area contributed by atoms with E-state index < -0.39 is 76.4 Å². The summed E-state index contributed by atoms with van der Waals surface area (Å²) in [4.78, 5) is 8.50. The molecule has 0 amide bonds. The van der Waals surface area contributed by atoms with E-state index in [0.717, 1.165) is 0 Å². The Bertz CT molecular complexity index is 823. The van der Waals surface area contributed by atoms with Crippen LogP contribution in [0.3, 0.4) is 0 Å². The van der Waals surface area contributed by atoms with Crippen LogP contribution in [0.5, 0.6) is 0 Å². The molecule has 2 aliphatic rings. The zero-order valence-corrected chi connectivity index (χ0v) is 22.8. The smallest absolute Gasteiger partial charge is 0.200 e. The Hall–Kier alpha value is -1.20. The highest BCUT2D eigenvalue weighted by Gasteiger charge is 2.53. The molecule has 12 unspecified atom stereocenters. The molecular formula is C22H42N5O10P. The molecule has 0 aromatic carbocycles. The van der Waals surface area contributed by atoms with Crippen molar-refractivity contribution in [2.45, 2.75) is 94.4 Å². The summed E-state index contributed by atoms with van der Waals surface area (Å²) in [5, 5.41) is 68.4. The Kier molecular flexibility index (Phi) is 13.0. The molecule has 15 nitrogen and oxygen atoms in total. The number of nitrogens with one attached hydrogen (secondary N) is 1.